The zero-order chi connectivity index (χ0) is 8.27. The standard InChI is InChI=1S/C9H15O2/c1-2-3-7-4-5-8(6-7)9(10)11/h7-8H,1-6H2,(H,10,11). The van der Waals surface area contributed by atoms with Crippen molar-refractivity contribution in [2.24, 2.45) is 11.8 Å². The molecule has 1 radical (unpaired) electrons. The first-order valence-corrected chi connectivity index (χ1v) is 4.26. The molecule has 1 fully saturated rings. The zero-order valence-corrected chi connectivity index (χ0v) is 6.75. The maximum Gasteiger partial charge on any atom is 0.306 e. The Kier molecular flexibility index (Phi) is 2.92. The van der Waals surface area contributed by atoms with E-state index in [1.807, 2.05) is 0 Å². The summed E-state index contributed by atoms with van der Waals surface area (Å²) in [6.45, 7) is 3.77. The van der Waals surface area contributed by atoms with Gasteiger partial charge in [0.25, 0.3) is 0 Å². The van der Waals surface area contributed by atoms with Crippen LogP contribution in [0.3, 0.4) is 0 Å². The Balaban J connectivity index is 2.29. The Bertz CT molecular complexity index is 142. The molecule has 0 amide bonds. The second-order valence-corrected chi connectivity index (χ2v) is 3.36. The Morgan fingerprint density at radius 1 is 1.55 bits per heavy atom. The summed E-state index contributed by atoms with van der Waals surface area (Å²) >= 11 is 0. The highest BCUT2D eigenvalue weighted by atomic mass is 16.4. The lowest BCUT2D eigenvalue weighted by Gasteiger charge is -2.05. The van der Waals surface area contributed by atoms with Crippen LogP contribution in [0.25, 0.3) is 0 Å². The largest absolute Gasteiger partial charge is 0.481 e. The fourth-order valence-electron chi connectivity index (χ4n) is 1.85. The fraction of sp³-hybridized carbons (Fsp3) is 0.778. The minimum absolute atomic E-state index is 0.0634. The summed E-state index contributed by atoms with van der Waals surface area (Å²) in [4.78, 5) is 10.5. The van der Waals surface area contributed by atoms with Gasteiger partial charge in [0, 0.05) is 0 Å². The molecule has 0 saturated heterocycles. The summed E-state index contributed by atoms with van der Waals surface area (Å²) in [5.74, 6) is -0.0447. The molecule has 1 aliphatic rings. The average Bonchev–Trinajstić information content (AvgIpc) is 2.37. The highest BCUT2D eigenvalue weighted by molar-refractivity contribution is 5.70. The number of carboxylic acid groups (broad SMARTS) is 1. The second-order valence-electron chi connectivity index (χ2n) is 3.36. The molecule has 2 heteroatoms. The number of rotatable bonds is 3. The monoisotopic (exact) mass is 155 g/mol. The van der Waals surface area contributed by atoms with Crippen LogP contribution in [0.1, 0.15) is 32.1 Å². The normalized spacial score (nSPS) is 30.6. The molecule has 1 saturated carbocycles. The summed E-state index contributed by atoms with van der Waals surface area (Å²) in [5.41, 5.74) is 0. The Morgan fingerprint density at radius 2 is 2.27 bits per heavy atom. The molecule has 2 atom stereocenters. The molecule has 0 aromatic rings. The quantitative estimate of drug-likeness (QED) is 0.677. The van der Waals surface area contributed by atoms with Crippen LogP contribution in [0, 0.1) is 18.8 Å². The van der Waals surface area contributed by atoms with Gasteiger partial charge in [-0.3, -0.25) is 4.79 Å². The molecule has 1 N–H and O–H groups in total. The van der Waals surface area contributed by atoms with Gasteiger partial charge in [0.2, 0.25) is 0 Å². The lowest BCUT2D eigenvalue weighted by Crippen LogP contribution is -2.09. The summed E-state index contributed by atoms with van der Waals surface area (Å²) in [6.07, 6.45) is 4.89. The predicted molar refractivity (Wildman–Crippen MR) is 43.1 cm³/mol. The molecule has 2 nitrogen and oxygen atoms in total. The van der Waals surface area contributed by atoms with Crippen LogP contribution < -0.4 is 0 Å². The highest BCUT2D eigenvalue weighted by Crippen LogP contribution is 2.33. The lowest BCUT2D eigenvalue weighted by molar-refractivity contribution is -0.141. The minimum atomic E-state index is -0.614. The number of carboxylic acids is 1. The molecule has 0 aromatic carbocycles. The van der Waals surface area contributed by atoms with Crippen LogP contribution in [0.15, 0.2) is 0 Å². The first kappa shape index (κ1) is 8.57. The molecule has 0 aromatic heterocycles. The van der Waals surface area contributed by atoms with E-state index >= 15 is 0 Å². The van der Waals surface area contributed by atoms with Gasteiger partial charge in [0.1, 0.15) is 0 Å². The van der Waals surface area contributed by atoms with Crippen LogP contribution in [0.2, 0.25) is 0 Å². The third-order valence-electron chi connectivity index (χ3n) is 2.50. The van der Waals surface area contributed by atoms with Gasteiger partial charge in [-0.25, -0.2) is 0 Å². The fourth-order valence-corrected chi connectivity index (χ4v) is 1.85. The molecular weight excluding hydrogens is 140 g/mol. The molecule has 11 heavy (non-hydrogen) atoms. The van der Waals surface area contributed by atoms with E-state index < -0.39 is 5.97 Å². The third kappa shape index (κ3) is 2.21. The van der Waals surface area contributed by atoms with E-state index in [-0.39, 0.29) is 5.92 Å². The summed E-state index contributed by atoms with van der Waals surface area (Å²) in [6, 6.07) is 0. The molecule has 1 aliphatic carbocycles. The molecule has 0 aliphatic heterocycles. The first-order valence-electron chi connectivity index (χ1n) is 4.26. The molecule has 1 rings (SSSR count). The lowest BCUT2D eigenvalue weighted by atomic mass is 10.0. The number of aliphatic carboxylic acids is 1. The van der Waals surface area contributed by atoms with Crippen molar-refractivity contribution in [3.63, 3.8) is 0 Å². The van der Waals surface area contributed by atoms with E-state index in [9.17, 15) is 4.79 Å². The smallest absolute Gasteiger partial charge is 0.306 e. The van der Waals surface area contributed by atoms with Crippen LogP contribution in [0.5, 0.6) is 0 Å². The van der Waals surface area contributed by atoms with E-state index in [1.165, 1.54) is 0 Å². The number of carbonyl (C=O) groups is 1. The first-order chi connectivity index (χ1) is 5.24. The maximum atomic E-state index is 10.5. The molecule has 0 bridgehead atoms. The zero-order valence-electron chi connectivity index (χ0n) is 6.75. The van der Waals surface area contributed by atoms with Gasteiger partial charge in [0.05, 0.1) is 5.92 Å². The Hall–Kier alpha value is -0.530. The van der Waals surface area contributed by atoms with E-state index in [4.69, 9.17) is 5.11 Å². The second kappa shape index (κ2) is 3.74. The van der Waals surface area contributed by atoms with Gasteiger partial charge >= 0.3 is 5.97 Å². The third-order valence-corrected chi connectivity index (χ3v) is 2.50. The topological polar surface area (TPSA) is 37.3 Å². The van der Waals surface area contributed by atoms with E-state index in [2.05, 4.69) is 6.92 Å². The summed E-state index contributed by atoms with van der Waals surface area (Å²) in [7, 11) is 0. The highest BCUT2D eigenvalue weighted by Gasteiger charge is 2.28. The van der Waals surface area contributed by atoms with Crippen molar-refractivity contribution in [1.29, 1.82) is 0 Å². The number of hydrogen-bond donors (Lipinski definition) is 1. The van der Waals surface area contributed by atoms with Crippen molar-refractivity contribution in [2.75, 3.05) is 0 Å². The van der Waals surface area contributed by atoms with E-state index in [1.54, 1.807) is 0 Å². The molecule has 0 spiro atoms. The van der Waals surface area contributed by atoms with Gasteiger partial charge in [-0.15, -0.1) is 0 Å². The van der Waals surface area contributed by atoms with Crippen LogP contribution in [-0.2, 0) is 4.79 Å². The van der Waals surface area contributed by atoms with Crippen molar-refractivity contribution < 1.29 is 9.90 Å². The SMILES string of the molecule is [CH2]CCC1CCC(C(=O)O)C1. The van der Waals surface area contributed by atoms with Gasteiger partial charge in [-0.1, -0.05) is 19.8 Å². The van der Waals surface area contributed by atoms with E-state index in [0.717, 1.165) is 32.1 Å². The average molecular weight is 155 g/mol. The van der Waals surface area contributed by atoms with Gasteiger partial charge < -0.3 is 5.11 Å². The van der Waals surface area contributed by atoms with Gasteiger partial charge in [-0.05, 0) is 25.2 Å². The molecular formula is C9H15O2. The van der Waals surface area contributed by atoms with Crippen LogP contribution >= 0.6 is 0 Å². The van der Waals surface area contributed by atoms with Crippen molar-refractivity contribution in [3.8, 4) is 0 Å². The minimum Gasteiger partial charge on any atom is -0.481 e. The summed E-state index contributed by atoms with van der Waals surface area (Å²) in [5, 5.41) is 8.68. The molecule has 2 unspecified atom stereocenters. The van der Waals surface area contributed by atoms with E-state index in [0.29, 0.717) is 5.92 Å². The van der Waals surface area contributed by atoms with Gasteiger partial charge in [0.15, 0.2) is 0 Å². The van der Waals surface area contributed by atoms with Crippen molar-refractivity contribution >= 4 is 5.97 Å². The molecule has 0 heterocycles. The van der Waals surface area contributed by atoms with Crippen molar-refractivity contribution in [2.45, 2.75) is 32.1 Å². The van der Waals surface area contributed by atoms with Gasteiger partial charge in [-0.2, -0.15) is 0 Å². The Morgan fingerprint density at radius 3 is 2.73 bits per heavy atom. The summed E-state index contributed by atoms with van der Waals surface area (Å²) < 4.78 is 0. The van der Waals surface area contributed by atoms with Crippen molar-refractivity contribution in [3.05, 3.63) is 6.92 Å². The molecule has 63 valence electrons. The maximum absolute atomic E-state index is 10.5. The van der Waals surface area contributed by atoms with Crippen LogP contribution in [-0.4, -0.2) is 11.1 Å². The number of hydrogen-bond acceptors (Lipinski definition) is 1. The predicted octanol–water partition coefficient (Wildman–Crippen LogP) is 2.10. The Labute approximate surface area is 67.6 Å². The van der Waals surface area contributed by atoms with Crippen molar-refractivity contribution in [1.82, 2.24) is 0 Å². The van der Waals surface area contributed by atoms with Crippen LogP contribution in [0.4, 0.5) is 0 Å².